The van der Waals surface area contributed by atoms with Crippen molar-refractivity contribution < 1.29 is 0 Å². The van der Waals surface area contributed by atoms with E-state index < -0.39 is 0 Å². The van der Waals surface area contributed by atoms with E-state index in [4.69, 9.17) is 0 Å². The minimum atomic E-state index is 0.610. The zero-order valence-corrected chi connectivity index (χ0v) is 25.9. The topological polar surface area (TPSA) is 0 Å². The summed E-state index contributed by atoms with van der Waals surface area (Å²) in [5, 5.41) is 0. The van der Waals surface area contributed by atoms with E-state index in [0.29, 0.717) is 5.92 Å². The van der Waals surface area contributed by atoms with E-state index in [9.17, 15) is 0 Å². The van der Waals surface area contributed by atoms with E-state index in [1.54, 1.807) is 25.8 Å². The van der Waals surface area contributed by atoms with E-state index in [1.807, 2.05) is 0 Å². The number of hydrogen-bond donors (Lipinski definition) is 0. The van der Waals surface area contributed by atoms with E-state index in [2.05, 4.69) is 95.4 Å². The third-order valence-corrected chi connectivity index (χ3v) is 12.4. The Kier molecular flexibility index (Phi) is 10.0. The van der Waals surface area contributed by atoms with Crippen molar-refractivity contribution in [2.24, 2.45) is 23.7 Å². The molecule has 36 heavy (non-hydrogen) atoms. The summed E-state index contributed by atoms with van der Waals surface area (Å²) >= 11 is 4.20. The van der Waals surface area contributed by atoms with Gasteiger partial charge in [-0.2, -0.15) is 0 Å². The lowest BCUT2D eigenvalue weighted by molar-refractivity contribution is 0.228. The highest BCUT2D eigenvalue weighted by molar-refractivity contribution is 7.22. The van der Waals surface area contributed by atoms with Crippen molar-refractivity contribution in [2.75, 3.05) is 0 Å². The second kappa shape index (κ2) is 12.8. The monoisotopic (exact) mass is 524 g/mol. The van der Waals surface area contributed by atoms with Gasteiger partial charge in [0.2, 0.25) is 0 Å². The molecule has 0 saturated heterocycles. The molecule has 2 aliphatic rings. The maximum absolute atomic E-state index is 2.66. The number of rotatable bonds is 9. The van der Waals surface area contributed by atoms with Crippen LogP contribution in [0.4, 0.5) is 0 Å². The maximum Gasteiger partial charge on any atom is 0.0480 e. The molecule has 4 rings (SSSR count). The Morgan fingerprint density at radius 1 is 0.722 bits per heavy atom. The predicted octanol–water partition coefficient (Wildman–Crippen LogP) is 12.3. The number of hydrogen-bond acceptors (Lipinski definition) is 2. The van der Waals surface area contributed by atoms with Crippen molar-refractivity contribution >= 4 is 28.7 Å². The first kappa shape index (κ1) is 28.2. The van der Waals surface area contributed by atoms with Crippen LogP contribution in [-0.2, 0) is 0 Å². The van der Waals surface area contributed by atoms with E-state index >= 15 is 0 Å². The molecule has 0 aromatic carbocycles. The van der Waals surface area contributed by atoms with Crippen LogP contribution in [0.25, 0.3) is 15.8 Å². The van der Waals surface area contributed by atoms with E-state index in [1.165, 1.54) is 69.1 Å². The maximum atomic E-state index is 2.66. The molecule has 0 bridgehead atoms. The molecule has 0 radical (unpaired) electrons. The molecule has 4 unspecified atom stereocenters. The second-order valence-electron chi connectivity index (χ2n) is 12.4. The first-order chi connectivity index (χ1) is 17.4. The molecular formula is C34H52S2. The minimum Gasteiger partial charge on any atom is -0.139 e. The zero-order valence-electron chi connectivity index (χ0n) is 24.2. The van der Waals surface area contributed by atoms with Gasteiger partial charge in [-0.25, -0.2) is 0 Å². The molecule has 2 aliphatic carbocycles. The summed E-state index contributed by atoms with van der Waals surface area (Å²) in [6, 6.07) is 5.29. The zero-order chi connectivity index (χ0) is 25.8. The smallest absolute Gasteiger partial charge is 0.0480 e. The third-order valence-electron chi connectivity index (χ3n) is 9.68. The molecule has 2 saturated carbocycles. The molecule has 4 atom stereocenters. The second-order valence-corrected chi connectivity index (χ2v) is 14.6. The largest absolute Gasteiger partial charge is 0.139 e. The van der Waals surface area contributed by atoms with Crippen molar-refractivity contribution in [3.63, 3.8) is 0 Å². The lowest BCUT2D eigenvalue weighted by atomic mass is 9.70. The van der Waals surface area contributed by atoms with Crippen LogP contribution < -0.4 is 0 Å². The fourth-order valence-electron chi connectivity index (χ4n) is 7.31. The summed E-state index contributed by atoms with van der Waals surface area (Å²) in [7, 11) is 0. The summed E-state index contributed by atoms with van der Waals surface area (Å²) < 4.78 is 0. The van der Waals surface area contributed by atoms with Crippen LogP contribution in [0.2, 0.25) is 0 Å². The molecule has 0 aliphatic heterocycles. The SMILES string of the molecule is C/C=C/c1sc(-c2sc(C(C)C)cc2C2CC(CC)CC(CC)C2)cc1C1CC(CC)CC(CC)C1. The first-order valence-electron chi connectivity index (χ1n) is 15.3. The van der Waals surface area contributed by atoms with Crippen LogP contribution in [0.3, 0.4) is 0 Å². The average molecular weight is 525 g/mol. The number of allylic oxidation sites excluding steroid dienone is 1. The number of thiophene rings is 2. The highest BCUT2D eigenvalue weighted by Crippen LogP contribution is 2.52. The Bertz CT molecular complexity index is 965. The highest BCUT2D eigenvalue weighted by Gasteiger charge is 2.33. The molecule has 2 heteroatoms. The summed E-state index contributed by atoms with van der Waals surface area (Å²) in [4.78, 5) is 6.30. The van der Waals surface area contributed by atoms with E-state index in [-0.39, 0.29) is 0 Å². The highest BCUT2D eigenvalue weighted by atomic mass is 32.1. The normalized spacial score (nSPS) is 29.4. The van der Waals surface area contributed by atoms with Crippen molar-refractivity contribution in [3.8, 4) is 9.75 Å². The Morgan fingerprint density at radius 2 is 1.22 bits per heavy atom. The molecule has 2 aromatic heterocycles. The van der Waals surface area contributed by atoms with Crippen molar-refractivity contribution in [2.45, 2.75) is 130 Å². The summed E-state index contributed by atoms with van der Waals surface area (Å²) in [5.74, 6) is 5.70. The lowest BCUT2D eigenvalue weighted by Gasteiger charge is -2.34. The molecule has 2 heterocycles. The Hall–Kier alpha value is -0.860. The average Bonchev–Trinajstić information content (AvgIpc) is 3.53. The molecule has 0 amide bonds. The predicted molar refractivity (Wildman–Crippen MR) is 165 cm³/mol. The van der Waals surface area contributed by atoms with Crippen molar-refractivity contribution in [1.82, 2.24) is 0 Å². The van der Waals surface area contributed by atoms with E-state index in [0.717, 1.165) is 35.5 Å². The third kappa shape index (κ3) is 6.23. The van der Waals surface area contributed by atoms with Gasteiger partial charge in [-0.15, -0.1) is 22.7 Å². The summed E-state index contributed by atoms with van der Waals surface area (Å²) in [5.41, 5.74) is 3.36. The molecule has 200 valence electrons. The van der Waals surface area contributed by atoms with Crippen LogP contribution in [0.5, 0.6) is 0 Å². The van der Waals surface area contributed by atoms with Gasteiger partial charge in [0.05, 0.1) is 0 Å². The van der Waals surface area contributed by atoms with Gasteiger partial charge in [-0.05, 0) is 116 Å². The Morgan fingerprint density at radius 3 is 1.67 bits per heavy atom. The first-order valence-corrected chi connectivity index (χ1v) is 16.9. The van der Waals surface area contributed by atoms with Gasteiger partial charge in [0.25, 0.3) is 0 Å². The summed E-state index contributed by atoms with van der Waals surface area (Å²) in [6.45, 7) is 16.6. The molecule has 2 fully saturated rings. The van der Waals surface area contributed by atoms with Gasteiger partial charge in [0.1, 0.15) is 0 Å². The molecule has 2 aromatic rings. The van der Waals surface area contributed by atoms with Crippen LogP contribution >= 0.6 is 22.7 Å². The van der Waals surface area contributed by atoms with Crippen molar-refractivity contribution in [3.05, 3.63) is 39.1 Å². The van der Waals surface area contributed by atoms with Gasteiger partial charge < -0.3 is 0 Å². The molecule has 0 nitrogen and oxygen atoms in total. The summed E-state index contributed by atoms with van der Waals surface area (Å²) in [6.07, 6.45) is 18.5. The van der Waals surface area contributed by atoms with Crippen LogP contribution in [-0.4, -0.2) is 0 Å². The van der Waals surface area contributed by atoms with Crippen LogP contribution in [0, 0.1) is 23.7 Å². The van der Waals surface area contributed by atoms with Gasteiger partial charge in [0, 0.05) is 19.5 Å². The van der Waals surface area contributed by atoms with Gasteiger partial charge in [0.15, 0.2) is 0 Å². The van der Waals surface area contributed by atoms with Gasteiger partial charge in [-0.3, -0.25) is 0 Å². The minimum absolute atomic E-state index is 0.610. The fraction of sp³-hybridized carbons (Fsp3) is 0.706. The lowest BCUT2D eigenvalue weighted by Crippen LogP contribution is -2.21. The van der Waals surface area contributed by atoms with Gasteiger partial charge in [-0.1, -0.05) is 73.3 Å². The van der Waals surface area contributed by atoms with Crippen LogP contribution in [0.15, 0.2) is 18.2 Å². The Balaban J connectivity index is 1.74. The van der Waals surface area contributed by atoms with Crippen LogP contribution in [0.1, 0.15) is 151 Å². The standard InChI is InChI=1S/C34H52S2/c1-8-13-31-29(27-16-23(9-2)14-24(10-3)17-27)20-33(35-31)34-30(21-32(36-34)22(6)7)28-18-25(11-4)15-26(12-5)19-28/h8,13,20-28H,9-12,14-19H2,1-7H3/b13-8+. The quantitative estimate of drug-likeness (QED) is 0.306. The molecular weight excluding hydrogens is 473 g/mol. The van der Waals surface area contributed by atoms with Gasteiger partial charge >= 0.3 is 0 Å². The fourth-order valence-corrected chi connectivity index (χ4v) is 9.90. The Labute approximate surface area is 231 Å². The molecule has 0 N–H and O–H groups in total. The molecule has 0 spiro atoms. The van der Waals surface area contributed by atoms with Crippen molar-refractivity contribution in [1.29, 1.82) is 0 Å².